The van der Waals surface area contributed by atoms with Crippen LogP contribution < -0.4 is 5.73 Å². The number of hydrogen-bond acceptors (Lipinski definition) is 3. The third-order valence-corrected chi connectivity index (χ3v) is 4.10. The molecule has 0 atom stereocenters. The van der Waals surface area contributed by atoms with Gasteiger partial charge in [0.2, 0.25) is 0 Å². The molecular formula is C15H19ClFNO2. The lowest BCUT2D eigenvalue weighted by Crippen LogP contribution is -2.23. The van der Waals surface area contributed by atoms with Crippen LogP contribution in [0.15, 0.2) is 12.1 Å². The van der Waals surface area contributed by atoms with Gasteiger partial charge in [0.25, 0.3) is 0 Å². The van der Waals surface area contributed by atoms with Gasteiger partial charge in [-0.2, -0.15) is 0 Å². The summed E-state index contributed by atoms with van der Waals surface area (Å²) < 4.78 is 19.3. The van der Waals surface area contributed by atoms with Crippen molar-refractivity contribution in [2.45, 2.75) is 39.0 Å². The first-order chi connectivity index (χ1) is 9.50. The van der Waals surface area contributed by atoms with Crippen LogP contribution in [-0.2, 0) is 16.0 Å². The van der Waals surface area contributed by atoms with Crippen molar-refractivity contribution in [2.75, 3.05) is 12.3 Å². The van der Waals surface area contributed by atoms with E-state index in [9.17, 15) is 9.18 Å². The minimum atomic E-state index is -0.605. The number of nitrogens with two attached hydrogens (primary N) is 1. The van der Waals surface area contributed by atoms with Gasteiger partial charge in [-0.15, -0.1) is 0 Å². The third kappa shape index (κ3) is 3.06. The lowest BCUT2D eigenvalue weighted by atomic mass is 9.95. The highest BCUT2D eigenvalue weighted by atomic mass is 35.5. The van der Waals surface area contributed by atoms with Gasteiger partial charge in [-0.25, -0.2) is 4.39 Å². The number of benzene rings is 1. The summed E-state index contributed by atoms with van der Waals surface area (Å²) in [6.45, 7) is 2.45. The van der Waals surface area contributed by atoms with Crippen molar-refractivity contribution in [1.82, 2.24) is 0 Å². The maximum absolute atomic E-state index is 14.0. The number of carbonyl (C=O) groups excluding carboxylic acids is 1. The van der Waals surface area contributed by atoms with Crippen molar-refractivity contribution < 1.29 is 13.9 Å². The predicted octanol–water partition coefficient (Wildman–Crippen LogP) is 3.73. The molecule has 1 fully saturated rings. The van der Waals surface area contributed by atoms with E-state index < -0.39 is 11.2 Å². The standard InChI is InChI=1S/C15H19ClFNO2/c1-2-3-8-20-14(19)15(6-7-15)9-10-11(16)4-5-12(18)13(10)17/h4-5H,2-3,6-9,18H2,1H3. The molecule has 0 unspecified atom stereocenters. The monoisotopic (exact) mass is 299 g/mol. The molecule has 3 nitrogen and oxygen atoms in total. The van der Waals surface area contributed by atoms with Gasteiger partial charge in [-0.05, 0) is 37.8 Å². The molecule has 0 heterocycles. The van der Waals surface area contributed by atoms with Gasteiger partial charge < -0.3 is 10.5 Å². The molecule has 0 bridgehead atoms. The summed E-state index contributed by atoms with van der Waals surface area (Å²) in [5, 5.41) is 0.310. The fourth-order valence-corrected chi connectivity index (χ4v) is 2.40. The van der Waals surface area contributed by atoms with E-state index in [1.165, 1.54) is 6.07 Å². The highest BCUT2D eigenvalue weighted by Gasteiger charge is 2.51. The summed E-state index contributed by atoms with van der Waals surface area (Å²) in [6, 6.07) is 2.99. The number of anilines is 1. The molecule has 0 aliphatic heterocycles. The summed E-state index contributed by atoms with van der Waals surface area (Å²) in [4.78, 5) is 12.1. The second kappa shape index (κ2) is 6.00. The first kappa shape index (κ1) is 15.1. The van der Waals surface area contributed by atoms with Crippen molar-refractivity contribution in [3.8, 4) is 0 Å². The summed E-state index contributed by atoms with van der Waals surface area (Å²) in [5.41, 5.74) is 5.32. The van der Waals surface area contributed by atoms with Crippen molar-refractivity contribution in [1.29, 1.82) is 0 Å². The van der Waals surface area contributed by atoms with Crippen molar-refractivity contribution in [3.05, 3.63) is 28.5 Å². The Labute approximate surface area is 123 Å². The van der Waals surface area contributed by atoms with Gasteiger partial charge in [-0.1, -0.05) is 24.9 Å². The zero-order chi connectivity index (χ0) is 14.8. The van der Waals surface area contributed by atoms with Crippen LogP contribution in [0.3, 0.4) is 0 Å². The van der Waals surface area contributed by atoms with Crippen molar-refractivity contribution in [2.24, 2.45) is 5.41 Å². The topological polar surface area (TPSA) is 52.3 Å². The molecule has 0 radical (unpaired) electrons. The first-order valence-electron chi connectivity index (χ1n) is 6.90. The fourth-order valence-electron chi connectivity index (χ4n) is 2.18. The van der Waals surface area contributed by atoms with Crippen LogP contribution in [0, 0.1) is 11.2 Å². The van der Waals surface area contributed by atoms with Crippen LogP contribution >= 0.6 is 11.6 Å². The van der Waals surface area contributed by atoms with Gasteiger partial charge >= 0.3 is 5.97 Å². The maximum atomic E-state index is 14.0. The zero-order valence-electron chi connectivity index (χ0n) is 11.5. The molecule has 1 aliphatic rings. The SMILES string of the molecule is CCCCOC(=O)C1(Cc2c(Cl)ccc(N)c2F)CC1. The van der Waals surface area contributed by atoms with Gasteiger partial charge in [0.15, 0.2) is 5.82 Å². The minimum absolute atomic E-state index is 0.0551. The number of halogens is 2. The van der Waals surface area contributed by atoms with Crippen LogP contribution in [0.1, 0.15) is 38.2 Å². The Hall–Kier alpha value is -1.29. The lowest BCUT2D eigenvalue weighted by molar-refractivity contribution is -0.150. The number of nitrogen functional groups attached to an aromatic ring is 1. The Morgan fingerprint density at radius 2 is 2.20 bits per heavy atom. The van der Waals surface area contributed by atoms with Gasteiger partial charge in [-0.3, -0.25) is 4.79 Å². The molecule has 2 N–H and O–H groups in total. The summed E-state index contributed by atoms with van der Waals surface area (Å²) >= 11 is 6.02. The highest BCUT2D eigenvalue weighted by molar-refractivity contribution is 6.31. The van der Waals surface area contributed by atoms with E-state index in [4.69, 9.17) is 22.1 Å². The second-order valence-electron chi connectivity index (χ2n) is 5.38. The van der Waals surface area contributed by atoms with Crippen LogP contribution in [0.2, 0.25) is 5.02 Å². The molecule has 0 amide bonds. The Kier molecular flexibility index (Phi) is 4.53. The molecule has 110 valence electrons. The summed E-state index contributed by atoms with van der Waals surface area (Å²) in [5.74, 6) is -0.769. The second-order valence-corrected chi connectivity index (χ2v) is 5.78. The largest absolute Gasteiger partial charge is 0.465 e. The Bertz CT molecular complexity index is 515. The predicted molar refractivity (Wildman–Crippen MR) is 77.1 cm³/mol. The van der Waals surface area contributed by atoms with Crippen molar-refractivity contribution >= 4 is 23.3 Å². The highest BCUT2D eigenvalue weighted by Crippen LogP contribution is 2.50. The Morgan fingerprint density at radius 1 is 1.50 bits per heavy atom. The molecule has 0 aromatic heterocycles. The molecule has 2 rings (SSSR count). The van der Waals surface area contributed by atoms with Crippen LogP contribution in [0.25, 0.3) is 0 Å². The summed E-state index contributed by atoms with van der Waals surface area (Å²) in [7, 11) is 0. The molecule has 1 aromatic carbocycles. The summed E-state index contributed by atoms with van der Waals surface area (Å²) in [6.07, 6.45) is 3.49. The van der Waals surface area contributed by atoms with E-state index in [1.54, 1.807) is 6.07 Å². The zero-order valence-corrected chi connectivity index (χ0v) is 12.3. The molecule has 5 heteroatoms. The van der Waals surface area contributed by atoms with Crippen LogP contribution in [0.4, 0.5) is 10.1 Å². The van der Waals surface area contributed by atoms with E-state index in [0.717, 1.165) is 12.8 Å². The Balaban J connectivity index is 2.10. The average molecular weight is 300 g/mol. The van der Waals surface area contributed by atoms with Crippen LogP contribution in [-0.4, -0.2) is 12.6 Å². The third-order valence-electron chi connectivity index (χ3n) is 3.75. The molecular weight excluding hydrogens is 281 g/mol. The van der Waals surface area contributed by atoms with E-state index in [2.05, 4.69) is 0 Å². The van der Waals surface area contributed by atoms with E-state index >= 15 is 0 Å². The van der Waals surface area contributed by atoms with Gasteiger partial charge in [0, 0.05) is 10.6 Å². The van der Waals surface area contributed by atoms with Gasteiger partial charge in [0.05, 0.1) is 17.7 Å². The van der Waals surface area contributed by atoms with E-state index in [0.29, 0.717) is 30.0 Å². The fraction of sp³-hybridized carbons (Fsp3) is 0.533. The maximum Gasteiger partial charge on any atom is 0.312 e. The molecule has 0 saturated heterocycles. The average Bonchev–Trinajstić information content (AvgIpc) is 3.20. The van der Waals surface area contributed by atoms with Crippen molar-refractivity contribution in [3.63, 3.8) is 0 Å². The quantitative estimate of drug-likeness (QED) is 0.495. The van der Waals surface area contributed by atoms with E-state index in [1.807, 2.05) is 6.92 Å². The minimum Gasteiger partial charge on any atom is -0.465 e. The van der Waals surface area contributed by atoms with E-state index in [-0.39, 0.29) is 18.1 Å². The Morgan fingerprint density at radius 3 is 2.80 bits per heavy atom. The number of hydrogen-bond donors (Lipinski definition) is 1. The number of carbonyl (C=O) groups is 1. The molecule has 1 aromatic rings. The molecule has 0 spiro atoms. The smallest absolute Gasteiger partial charge is 0.312 e. The van der Waals surface area contributed by atoms with Crippen LogP contribution in [0.5, 0.6) is 0 Å². The lowest BCUT2D eigenvalue weighted by Gasteiger charge is -2.16. The van der Waals surface area contributed by atoms with Gasteiger partial charge in [0.1, 0.15) is 0 Å². The molecule has 20 heavy (non-hydrogen) atoms. The molecule has 1 saturated carbocycles. The number of unbranched alkanes of at least 4 members (excludes halogenated alkanes) is 1. The number of ether oxygens (including phenoxy) is 1. The number of esters is 1. The molecule has 1 aliphatic carbocycles. The normalized spacial score (nSPS) is 15.9. The number of rotatable bonds is 6. The first-order valence-corrected chi connectivity index (χ1v) is 7.27.